The van der Waals surface area contributed by atoms with Gasteiger partial charge >= 0.3 is 5.97 Å². The van der Waals surface area contributed by atoms with Crippen LogP contribution in [0.4, 0.5) is 0 Å². The lowest BCUT2D eigenvalue weighted by molar-refractivity contribution is -0.173. The molecule has 1 amide bonds. The van der Waals surface area contributed by atoms with Gasteiger partial charge in [-0.3, -0.25) is 14.5 Å². The zero-order valence-corrected chi connectivity index (χ0v) is 10.5. The Kier molecular flexibility index (Phi) is 4.18. The summed E-state index contributed by atoms with van der Waals surface area (Å²) in [6, 6.07) is 9.37. The van der Waals surface area contributed by atoms with E-state index in [-0.39, 0.29) is 25.5 Å². The number of amides is 1. The SMILES string of the molecule is C=COC1CC(=O)N1CC(=O)OCc1ccccc1. The van der Waals surface area contributed by atoms with E-state index in [1.165, 1.54) is 11.2 Å². The molecule has 5 nitrogen and oxygen atoms in total. The van der Waals surface area contributed by atoms with E-state index < -0.39 is 12.2 Å². The minimum Gasteiger partial charge on any atom is -0.478 e. The van der Waals surface area contributed by atoms with Gasteiger partial charge in [0.1, 0.15) is 13.2 Å². The van der Waals surface area contributed by atoms with Gasteiger partial charge in [0.2, 0.25) is 5.91 Å². The number of nitrogens with zero attached hydrogens (tertiary/aromatic N) is 1. The van der Waals surface area contributed by atoms with Gasteiger partial charge < -0.3 is 9.47 Å². The average Bonchev–Trinajstić information content (AvgIpc) is 2.43. The second kappa shape index (κ2) is 6.04. The third-order valence-corrected chi connectivity index (χ3v) is 2.81. The smallest absolute Gasteiger partial charge is 0.326 e. The van der Waals surface area contributed by atoms with Crippen molar-refractivity contribution in [2.75, 3.05) is 6.54 Å². The fraction of sp³-hybridized carbons (Fsp3) is 0.286. The normalized spacial score (nSPS) is 17.6. The first-order valence-electron chi connectivity index (χ1n) is 5.96. The second-order valence-corrected chi connectivity index (χ2v) is 4.13. The summed E-state index contributed by atoms with van der Waals surface area (Å²) in [5.41, 5.74) is 0.907. The fourth-order valence-corrected chi connectivity index (χ4v) is 1.77. The average molecular weight is 261 g/mol. The summed E-state index contributed by atoms with van der Waals surface area (Å²) >= 11 is 0. The number of hydrogen-bond acceptors (Lipinski definition) is 4. The third-order valence-electron chi connectivity index (χ3n) is 2.81. The second-order valence-electron chi connectivity index (χ2n) is 4.13. The minimum atomic E-state index is -0.449. The molecule has 5 heteroatoms. The molecule has 0 spiro atoms. The number of likely N-dealkylation sites (tertiary alicyclic amines) is 1. The van der Waals surface area contributed by atoms with Gasteiger partial charge in [0.15, 0.2) is 6.23 Å². The number of benzene rings is 1. The molecule has 100 valence electrons. The minimum absolute atomic E-state index is 0.0931. The van der Waals surface area contributed by atoms with Crippen molar-refractivity contribution in [1.82, 2.24) is 4.90 Å². The van der Waals surface area contributed by atoms with Gasteiger partial charge in [-0.2, -0.15) is 0 Å². The van der Waals surface area contributed by atoms with Crippen LogP contribution in [0.15, 0.2) is 43.2 Å². The van der Waals surface area contributed by atoms with Crippen molar-refractivity contribution < 1.29 is 19.1 Å². The number of esters is 1. The van der Waals surface area contributed by atoms with Crippen molar-refractivity contribution in [3.8, 4) is 0 Å². The van der Waals surface area contributed by atoms with Crippen LogP contribution in [0.3, 0.4) is 0 Å². The highest BCUT2D eigenvalue weighted by Gasteiger charge is 2.38. The Morgan fingerprint density at radius 2 is 2.16 bits per heavy atom. The molecule has 1 aliphatic rings. The maximum absolute atomic E-state index is 11.6. The van der Waals surface area contributed by atoms with Gasteiger partial charge in [0, 0.05) is 0 Å². The van der Waals surface area contributed by atoms with E-state index in [1.807, 2.05) is 30.3 Å². The predicted octanol–water partition coefficient (Wildman–Crippen LogP) is 1.45. The largest absolute Gasteiger partial charge is 0.478 e. The molecule has 0 aromatic heterocycles. The lowest BCUT2D eigenvalue weighted by atomic mass is 10.1. The summed E-state index contributed by atoms with van der Waals surface area (Å²) in [4.78, 5) is 24.3. The van der Waals surface area contributed by atoms with Crippen LogP contribution in [0.5, 0.6) is 0 Å². The third kappa shape index (κ3) is 3.34. The summed E-state index contributed by atoms with van der Waals surface area (Å²) < 4.78 is 10.2. The van der Waals surface area contributed by atoms with E-state index in [0.717, 1.165) is 5.56 Å². The molecule has 1 unspecified atom stereocenters. The Labute approximate surface area is 111 Å². The number of carbonyl (C=O) groups is 2. The summed E-state index contributed by atoms with van der Waals surface area (Å²) in [6.45, 7) is 3.53. The molecule has 0 saturated carbocycles. The highest BCUT2D eigenvalue weighted by Crippen LogP contribution is 2.20. The first kappa shape index (κ1) is 13.1. The highest BCUT2D eigenvalue weighted by atomic mass is 16.5. The fourth-order valence-electron chi connectivity index (χ4n) is 1.77. The van der Waals surface area contributed by atoms with Crippen molar-refractivity contribution in [2.24, 2.45) is 0 Å². The number of ether oxygens (including phenoxy) is 2. The van der Waals surface area contributed by atoms with Gasteiger partial charge in [-0.25, -0.2) is 0 Å². The Bertz CT molecular complexity index is 470. The Balaban J connectivity index is 1.78. The van der Waals surface area contributed by atoms with E-state index in [1.54, 1.807) is 0 Å². The molecule has 1 heterocycles. The van der Waals surface area contributed by atoms with Crippen LogP contribution in [-0.4, -0.2) is 29.5 Å². The molecule has 1 aliphatic heterocycles. The van der Waals surface area contributed by atoms with Crippen molar-refractivity contribution >= 4 is 11.9 Å². The molecule has 0 radical (unpaired) electrons. The monoisotopic (exact) mass is 261 g/mol. The zero-order valence-electron chi connectivity index (χ0n) is 10.5. The van der Waals surface area contributed by atoms with E-state index in [2.05, 4.69) is 6.58 Å². The molecule has 1 aromatic carbocycles. The van der Waals surface area contributed by atoms with Crippen molar-refractivity contribution in [3.05, 3.63) is 48.7 Å². The number of carbonyl (C=O) groups excluding carboxylic acids is 2. The Morgan fingerprint density at radius 3 is 2.79 bits per heavy atom. The lowest BCUT2D eigenvalue weighted by Gasteiger charge is -2.38. The van der Waals surface area contributed by atoms with Crippen molar-refractivity contribution in [3.63, 3.8) is 0 Å². The van der Waals surface area contributed by atoms with Crippen LogP contribution < -0.4 is 0 Å². The van der Waals surface area contributed by atoms with Crippen molar-refractivity contribution in [1.29, 1.82) is 0 Å². The summed E-state index contributed by atoms with van der Waals surface area (Å²) in [5, 5.41) is 0. The molecular formula is C14H15NO4. The van der Waals surface area contributed by atoms with Gasteiger partial charge in [-0.15, -0.1) is 0 Å². The van der Waals surface area contributed by atoms with Crippen LogP contribution in [-0.2, 0) is 25.7 Å². The molecule has 1 aromatic rings. The van der Waals surface area contributed by atoms with Gasteiger partial charge in [-0.05, 0) is 5.56 Å². The zero-order chi connectivity index (χ0) is 13.7. The summed E-state index contributed by atoms with van der Waals surface area (Å²) in [6.07, 6.45) is 1.14. The molecule has 19 heavy (non-hydrogen) atoms. The molecule has 1 saturated heterocycles. The standard InChI is InChI=1S/C14H15NO4/c1-2-18-13-8-12(16)15(13)9-14(17)19-10-11-6-4-3-5-7-11/h2-7,13H,1,8-10H2. The molecular weight excluding hydrogens is 246 g/mol. The molecule has 2 rings (SSSR count). The molecule has 0 aliphatic carbocycles. The van der Waals surface area contributed by atoms with Crippen molar-refractivity contribution in [2.45, 2.75) is 19.3 Å². The summed E-state index contributed by atoms with van der Waals surface area (Å²) in [5.74, 6) is -0.571. The molecule has 0 N–H and O–H groups in total. The van der Waals surface area contributed by atoms with Crippen LogP contribution in [0.2, 0.25) is 0 Å². The molecule has 0 bridgehead atoms. The van der Waals surface area contributed by atoms with E-state index in [9.17, 15) is 9.59 Å². The van der Waals surface area contributed by atoms with Crippen LogP contribution in [0.1, 0.15) is 12.0 Å². The van der Waals surface area contributed by atoms with Crippen LogP contribution in [0, 0.1) is 0 Å². The lowest BCUT2D eigenvalue weighted by Crippen LogP contribution is -2.55. The Hall–Kier alpha value is -2.30. The highest BCUT2D eigenvalue weighted by molar-refractivity contribution is 5.86. The quantitative estimate of drug-likeness (QED) is 0.442. The topological polar surface area (TPSA) is 55.8 Å². The maximum atomic E-state index is 11.6. The van der Waals surface area contributed by atoms with E-state index in [0.29, 0.717) is 0 Å². The Morgan fingerprint density at radius 1 is 1.42 bits per heavy atom. The maximum Gasteiger partial charge on any atom is 0.326 e. The van der Waals surface area contributed by atoms with E-state index >= 15 is 0 Å². The van der Waals surface area contributed by atoms with Crippen LogP contribution >= 0.6 is 0 Å². The number of β-lactam (4-membered cyclic amide) rings is 1. The first-order valence-corrected chi connectivity index (χ1v) is 5.96. The van der Waals surface area contributed by atoms with E-state index in [4.69, 9.17) is 9.47 Å². The molecule has 1 fully saturated rings. The number of hydrogen-bond donors (Lipinski definition) is 0. The predicted molar refractivity (Wildman–Crippen MR) is 67.6 cm³/mol. The summed E-state index contributed by atoms with van der Waals surface area (Å²) in [7, 11) is 0. The first-order chi connectivity index (χ1) is 9.20. The number of rotatable bonds is 6. The molecule has 1 atom stereocenters. The van der Waals surface area contributed by atoms with Gasteiger partial charge in [0.25, 0.3) is 0 Å². The van der Waals surface area contributed by atoms with Gasteiger partial charge in [0.05, 0.1) is 12.7 Å². The van der Waals surface area contributed by atoms with Gasteiger partial charge in [-0.1, -0.05) is 36.9 Å². The van der Waals surface area contributed by atoms with Crippen LogP contribution in [0.25, 0.3) is 0 Å².